The van der Waals surface area contributed by atoms with Crippen LogP contribution in [-0.4, -0.2) is 53.7 Å². The van der Waals surface area contributed by atoms with Gasteiger partial charge in [-0.2, -0.15) is 5.10 Å². The van der Waals surface area contributed by atoms with Crippen molar-refractivity contribution in [1.29, 1.82) is 0 Å². The number of hydrogen-bond donors (Lipinski definition) is 1. The Kier molecular flexibility index (Phi) is 3.79. The van der Waals surface area contributed by atoms with Crippen molar-refractivity contribution in [2.24, 2.45) is 0 Å². The van der Waals surface area contributed by atoms with Gasteiger partial charge in [-0.3, -0.25) is 9.58 Å². The first-order chi connectivity index (χ1) is 9.76. The van der Waals surface area contributed by atoms with E-state index in [1.807, 2.05) is 12.3 Å². The summed E-state index contributed by atoms with van der Waals surface area (Å²) < 4.78 is 3.95. The maximum Gasteiger partial charge on any atom is 0.147 e. The molecule has 1 N–H and O–H groups in total. The van der Waals surface area contributed by atoms with Crippen LogP contribution < -0.4 is 0 Å². The smallest absolute Gasteiger partial charge is 0.147 e. The standard InChI is InChI=1S/C13H20N6O/c1-2-12-15-16-13-10-17(6-7-19(12)13)8-11(20)9-18-5-3-4-14-18/h3-5,11,20H,2,6-10H2,1H3. The van der Waals surface area contributed by atoms with E-state index in [1.165, 1.54) is 0 Å². The molecule has 2 aromatic rings. The normalized spacial score (nSPS) is 17.1. The molecule has 0 amide bonds. The topological polar surface area (TPSA) is 72.0 Å². The third kappa shape index (κ3) is 2.73. The van der Waals surface area contributed by atoms with E-state index in [0.29, 0.717) is 13.1 Å². The zero-order valence-electron chi connectivity index (χ0n) is 11.7. The first-order valence-corrected chi connectivity index (χ1v) is 7.05. The molecule has 1 unspecified atom stereocenters. The first-order valence-electron chi connectivity index (χ1n) is 7.05. The molecular formula is C13H20N6O. The number of fused-ring (bicyclic) bond motifs is 1. The molecule has 0 radical (unpaired) electrons. The van der Waals surface area contributed by atoms with E-state index in [4.69, 9.17) is 0 Å². The van der Waals surface area contributed by atoms with Crippen molar-refractivity contribution in [3.05, 3.63) is 30.1 Å². The molecule has 0 fully saturated rings. The van der Waals surface area contributed by atoms with Gasteiger partial charge < -0.3 is 9.67 Å². The third-order valence-corrected chi connectivity index (χ3v) is 3.65. The van der Waals surface area contributed by atoms with Crippen LogP contribution in [0.15, 0.2) is 18.5 Å². The van der Waals surface area contributed by atoms with Crippen molar-refractivity contribution in [1.82, 2.24) is 29.4 Å². The fourth-order valence-electron chi connectivity index (χ4n) is 2.67. The number of aromatic nitrogens is 5. The van der Waals surface area contributed by atoms with E-state index in [9.17, 15) is 5.11 Å². The Hall–Kier alpha value is -1.73. The number of hydrogen-bond acceptors (Lipinski definition) is 5. The summed E-state index contributed by atoms with van der Waals surface area (Å²) in [4.78, 5) is 2.22. The highest BCUT2D eigenvalue weighted by molar-refractivity contribution is 4.99. The lowest BCUT2D eigenvalue weighted by Gasteiger charge is -2.29. The Balaban J connectivity index is 1.57. The van der Waals surface area contributed by atoms with E-state index in [-0.39, 0.29) is 0 Å². The summed E-state index contributed by atoms with van der Waals surface area (Å²) in [5.74, 6) is 2.05. The second kappa shape index (κ2) is 5.72. The number of rotatable bonds is 5. The average Bonchev–Trinajstić information content (AvgIpc) is 3.07. The second-order valence-electron chi connectivity index (χ2n) is 5.15. The summed E-state index contributed by atoms with van der Waals surface area (Å²) >= 11 is 0. The van der Waals surface area contributed by atoms with E-state index in [0.717, 1.165) is 37.7 Å². The Labute approximate surface area is 117 Å². The van der Waals surface area contributed by atoms with Crippen molar-refractivity contribution >= 4 is 0 Å². The lowest BCUT2D eigenvalue weighted by atomic mass is 10.2. The van der Waals surface area contributed by atoms with Crippen molar-refractivity contribution in [2.45, 2.75) is 39.1 Å². The predicted octanol–water partition coefficient (Wildman–Crippen LogP) is -0.0863. The van der Waals surface area contributed by atoms with Crippen LogP contribution in [0, 0.1) is 0 Å². The van der Waals surface area contributed by atoms with Crippen LogP contribution in [0.5, 0.6) is 0 Å². The van der Waals surface area contributed by atoms with Crippen LogP contribution in [0.25, 0.3) is 0 Å². The molecular weight excluding hydrogens is 256 g/mol. The number of aryl methyl sites for hydroxylation is 1. The molecule has 3 heterocycles. The van der Waals surface area contributed by atoms with Gasteiger partial charge in [0.25, 0.3) is 0 Å². The highest BCUT2D eigenvalue weighted by atomic mass is 16.3. The summed E-state index contributed by atoms with van der Waals surface area (Å²) in [6, 6.07) is 1.86. The van der Waals surface area contributed by atoms with Gasteiger partial charge in [0.15, 0.2) is 0 Å². The van der Waals surface area contributed by atoms with Crippen molar-refractivity contribution < 1.29 is 5.11 Å². The van der Waals surface area contributed by atoms with Gasteiger partial charge >= 0.3 is 0 Å². The molecule has 0 saturated carbocycles. The van der Waals surface area contributed by atoms with Gasteiger partial charge in [0.05, 0.1) is 19.2 Å². The van der Waals surface area contributed by atoms with Gasteiger partial charge in [0.1, 0.15) is 11.6 Å². The third-order valence-electron chi connectivity index (χ3n) is 3.65. The molecule has 0 aliphatic carbocycles. The van der Waals surface area contributed by atoms with Crippen molar-refractivity contribution in [2.75, 3.05) is 13.1 Å². The Morgan fingerprint density at radius 2 is 2.20 bits per heavy atom. The van der Waals surface area contributed by atoms with Gasteiger partial charge in [-0.15, -0.1) is 10.2 Å². The Bertz CT molecular complexity index is 549. The van der Waals surface area contributed by atoms with E-state index >= 15 is 0 Å². The fourth-order valence-corrected chi connectivity index (χ4v) is 2.67. The Morgan fingerprint density at radius 3 is 2.95 bits per heavy atom. The predicted molar refractivity (Wildman–Crippen MR) is 72.9 cm³/mol. The number of nitrogens with zero attached hydrogens (tertiary/aromatic N) is 6. The summed E-state index contributed by atoms with van der Waals surface area (Å²) in [5, 5.41) is 22.7. The summed E-state index contributed by atoms with van der Waals surface area (Å²) in [6.45, 7) is 5.83. The minimum absolute atomic E-state index is 0.421. The highest BCUT2D eigenvalue weighted by Gasteiger charge is 2.22. The molecule has 0 bridgehead atoms. The molecule has 20 heavy (non-hydrogen) atoms. The molecule has 0 spiro atoms. The lowest BCUT2D eigenvalue weighted by molar-refractivity contribution is 0.0809. The van der Waals surface area contributed by atoms with E-state index in [2.05, 4.69) is 31.7 Å². The molecule has 7 heteroatoms. The van der Waals surface area contributed by atoms with Crippen molar-refractivity contribution in [3.8, 4) is 0 Å². The molecule has 108 valence electrons. The maximum absolute atomic E-state index is 10.1. The van der Waals surface area contributed by atoms with Gasteiger partial charge in [-0.1, -0.05) is 6.92 Å². The summed E-state index contributed by atoms with van der Waals surface area (Å²) in [6.07, 6.45) is 4.08. The quantitative estimate of drug-likeness (QED) is 0.826. The second-order valence-corrected chi connectivity index (χ2v) is 5.15. The van der Waals surface area contributed by atoms with Gasteiger partial charge in [-0.25, -0.2) is 0 Å². The van der Waals surface area contributed by atoms with Crippen molar-refractivity contribution in [3.63, 3.8) is 0 Å². The SMILES string of the molecule is CCc1nnc2n1CCN(CC(O)Cn1cccn1)C2. The fraction of sp³-hybridized carbons (Fsp3) is 0.615. The maximum atomic E-state index is 10.1. The first kappa shape index (κ1) is 13.3. The molecule has 1 atom stereocenters. The molecule has 3 rings (SSSR count). The van der Waals surface area contributed by atoms with Crippen LogP contribution in [-0.2, 0) is 26.1 Å². The molecule has 2 aromatic heterocycles. The van der Waals surface area contributed by atoms with Gasteiger partial charge in [0, 0.05) is 38.4 Å². The molecule has 0 saturated heterocycles. The number of β-amino-alcohol motifs (C(OH)–C–C–N with tert-alkyl or cyclic N) is 1. The average molecular weight is 276 g/mol. The van der Waals surface area contributed by atoms with Gasteiger partial charge in [0.2, 0.25) is 0 Å². The molecule has 0 aromatic carbocycles. The number of aliphatic hydroxyl groups excluding tert-OH is 1. The van der Waals surface area contributed by atoms with E-state index < -0.39 is 6.10 Å². The lowest BCUT2D eigenvalue weighted by Crippen LogP contribution is -2.40. The Morgan fingerprint density at radius 1 is 1.30 bits per heavy atom. The zero-order valence-corrected chi connectivity index (χ0v) is 11.7. The van der Waals surface area contributed by atoms with Crippen LogP contribution in [0.2, 0.25) is 0 Å². The van der Waals surface area contributed by atoms with Crippen LogP contribution in [0.4, 0.5) is 0 Å². The minimum atomic E-state index is -0.421. The minimum Gasteiger partial charge on any atom is -0.390 e. The molecule has 7 nitrogen and oxygen atoms in total. The molecule has 1 aliphatic rings. The largest absolute Gasteiger partial charge is 0.390 e. The zero-order chi connectivity index (χ0) is 13.9. The van der Waals surface area contributed by atoms with E-state index in [1.54, 1.807) is 10.9 Å². The summed E-state index contributed by atoms with van der Waals surface area (Å²) in [5.41, 5.74) is 0. The van der Waals surface area contributed by atoms with Crippen LogP contribution in [0.3, 0.4) is 0 Å². The molecule has 1 aliphatic heterocycles. The summed E-state index contributed by atoms with van der Waals surface area (Å²) in [7, 11) is 0. The van der Waals surface area contributed by atoms with Gasteiger partial charge in [-0.05, 0) is 6.07 Å². The van der Waals surface area contributed by atoms with Crippen LogP contribution in [0.1, 0.15) is 18.6 Å². The van der Waals surface area contributed by atoms with Crippen LogP contribution >= 0.6 is 0 Å². The highest BCUT2D eigenvalue weighted by Crippen LogP contribution is 2.13. The number of aliphatic hydroxyl groups is 1. The monoisotopic (exact) mass is 276 g/mol.